The average molecular weight is 153 g/mol. The minimum atomic E-state index is 0.365. The standard InChI is InChI=1S/C7H7NOS/c9-5-4-10-6-2-1-3-8-7(5)6/h1-2,4,8-9H,3H2. The predicted octanol–water partition coefficient (Wildman–Crippen LogP) is 1.89. The molecule has 2 N–H and O–H groups in total. The van der Waals surface area contributed by atoms with Crippen LogP contribution in [0.2, 0.25) is 0 Å². The lowest BCUT2D eigenvalue weighted by atomic mass is 10.3. The van der Waals surface area contributed by atoms with Crippen molar-refractivity contribution >= 4 is 23.1 Å². The SMILES string of the molecule is Oc1csc2c1NCC=C2. The first-order chi connectivity index (χ1) is 4.88. The maximum Gasteiger partial charge on any atom is 0.150 e. The third-order valence-electron chi connectivity index (χ3n) is 1.47. The molecule has 0 unspecified atom stereocenters. The Morgan fingerprint density at radius 2 is 2.50 bits per heavy atom. The molecule has 0 aromatic carbocycles. The minimum Gasteiger partial charge on any atom is -0.505 e. The fourth-order valence-electron chi connectivity index (χ4n) is 0.991. The van der Waals surface area contributed by atoms with E-state index >= 15 is 0 Å². The molecule has 2 nitrogen and oxygen atoms in total. The molecule has 0 fully saturated rings. The Labute approximate surface area is 62.8 Å². The van der Waals surface area contributed by atoms with Crippen LogP contribution in [0.15, 0.2) is 11.5 Å². The molecular weight excluding hydrogens is 146 g/mol. The van der Waals surface area contributed by atoms with Gasteiger partial charge >= 0.3 is 0 Å². The predicted molar refractivity (Wildman–Crippen MR) is 43.5 cm³/mol. The van der Waals surface area contributed by atoms with E-state index in [9.17, 15) is 5.11 Å². The van der Waals surface area contributed by atoms with E-state index in [1.54, 1.807) is 16.7 Å². The van der Waals surface area contributed by atoms with E-state index in [1.807, 2.05) is 12.2 Å². The summed E-state index contributed by atoms with van der Waals surface area (Å²) in [6, 6.07) is 0. The number of hydrogen-bond donors (Lipinski definition) is 2. The molecule has 52 valence electrons. The number of rotatable bonds is 0. The summed E-state index contributed by atoms with van der Waals surface area (Å²) in [7, 11) is 0. The highest BCUT2D eigenvalue weighted by molar-refractivity contribution is 7.11. The van der Waals surface area contributed by atoms with Gasteiger partial charge in [-0.2, -0.15) is 0 Å². The highest BCUT2D eigenvalue weighted by atomic mass is 32.1. The van der Waals surface area contributed by atoms with Crippen LogP contribution in [0.5, 0.6) is 5.75 Å². The second-order valence-electron chi connectivity index (χ2n) is 2.14. The van der Waals surface area contributed by atoms with E-state index in [1.165, 1.54) is 0 Å². The molecule has 1 aliphatic rings. The first-order valence-corrected chi connectivity index (χ1v) is 3.97. The summed E-state index contributed by atoms with van der Waals surface area (Å²) >= 11 is 1.55. The molecule has 1 aliphatic heterocycles. The van der Waals surface area contributed by atoms with Crippen molar-refractivity contribution in [1.29, 1.82) is 0 Å². The average Bonchev–Trinajstić information content (AvgIpc) is 2.34. The van der Waals surface area contributed by atoms with E-state index < -0.39 is 0 Å². The zero-order valence-electron chi connectivity index (χ0n) is 5.29. The number of hydrogen-bond acceptors (Lipinski definition) is 3. The Hall–Kier alpha value is -0.960. The number of anilines is 1. The van der Waals surface area contributed by atoms with E-state index in [4.69, 9.17) is 0 Å². The Morgan fingerprint density at radius 3 is 3.30 bits per heavy atom. The molecule has 0 saturated carbocycles. The van der Waals surface area contributed by atoms with Crippen LogP contribution in [0.25, 0.3) is 6.08 Å². The Kier molecular flexibility index (Phi) is 1.17. The quantitative estimate of drug-likeness (QED) is 0.596. The monoisotopic (exact) mass is 153 g/mol. The van der Waals surface area contributed by atoms with E-state index in [-0.39, 0.29) is 0 Å². The summed E-state index contributed by atoms with van der Waals surface area (Å²) in [6.45, 7) is 0.817. The number of nitrogens with one attached hydrogen (secondary N) is 1. The smallest absolute Gasteiger partial charge is 0.150 e. The molecule has 10 heavy (non-hydrogen) atoms. The van der Waals surface area contributed by atoms with Crippen LogP contribution in [0.1, 0.15) is 4.88 Å². The molecule has 0 atom stereocenters. The second-order valence-corrected chi connectivity index (χ2v) is 3.05. The fraction of sp³-hybridized carbons (Fsp3) is 0.143. The molecule has 0 radical (unpaired) electrons. The van der Waals surface area contributed by atoms with Crippen LogP contribution in [0.4, 0.5) is 5.69 Å². The first-order valence-electron chi connectivity index (χ1n) is 3.09. The van der Waals surface area contributed by atoms with Gasteiger partial charge in [-0.1, -0.05) is 6.08 Å². The van der Waals surface area contributed by atoms with Gasteiger partial charge in [0.2, 0.25) is 0 Å². The summed E-state index contributed by atoms with van der Waals surface area (Å²) in [5, 5.41) is 14.0. The van der Waals surface area contributed by atoms with Crippen molar-refractivity contribution < 1.29 is 5.11 Å². The van der Waals surface area contributed by atoms with Gasteiger partial charge in [0.25, 0.3) is 0 Å². The van der Waals surface area contributed by atoms with Crippen LogP contribution in [-0.4, -0.2) is 11.7 Å². The van der Waals surface area contributed by atoms with Gasteiger partial charge in [0.05, 0.1) is 10.6 Å². The number of fused-ring (bicyclic) bond motifs is 1. The Bertz CT molecular complexity index is 277. The fourth-order valence-corrected chi connectivity index (χ4v) is 1.82. The van der Waals surface area contributed by atoms with Crippen LogP contribution >= 0.6 is 11.3 Å². The van der Waals surface area contributed by atoms with Crippen molar-refractivity contribution in [3.63, 3.8) is 0 Å². The van der Waals surface area contributed by atoms with Crippen molar-refractivity contribution in [3.05, 3.63) is 16.3 Å². The van der Waals surface area contributed by atoms with Gasteiger partial charge < -0.3 is 10.4 Å². The first kappa shape index (κ1) is 5.80. The number of thiophene rings is 1. The Balaban J connectivity index is 2.57. The zero-order chi connectivity index (χ0) is 6.97. The van der Waals surface area contributed by atoms with Gasteiger partial charge in [-0.25, -0.2) is 0 Å². The summed E-state index contributed by atoms with van der Waals surface area (Å²) in [6.07, 6.45) is 4.06. The van der Waals surface area contributed by atoms with Gasteiger partial charge in [0.1, 0.15) is 5.75 Å². The normalized spacial score (nSPS) is 14.4. The summed E-state index contributed by atoms with van der Waals surface area (Å²) in [4.78, 5) is 1.11. The summed E-state index contributed by atoms with van der Waals surface area (Å²) < 4.78 is 0. The molecule has 1 aromatic rings. The van der Waals surface area contributed by atoms with Crippen LogP contribution < -0.4 is 5.32 Å². The molecule has 0 amide bonds. The maximum absolute atomic E-state index is 9.21. The third-order valence-corrected chi connectivity index (χ3v) is 2.40. The van der Waals surface area contributed by atoms with Crippen LogP contribution in [-0.2, 0) is 0 Å². The largest absolute Gasteiger partial charge is 0.505 e. The van der Waals surface area contributed by atoms with Crippen molar-refractivity contribution in [2.45, 2.75) is 0 Å². The van der Waals surface area contributed by atoms with Gasteiger partial charge in [-0.3, -0.25) is 0 Å². The van der Waals surface area contributed by atoms with E-state index in [0.29, 0.717) is 5.75 Å². The zero-order valence-corrected chi connectivity index (χ0v) is 6.11. The molecule has 3 heteroatoms. The third kappa shape index (κ3) is 0.708. The van der Waals surface area contributed by atoms with E-state index in [2.05, 4.69) is 5.32 Å². The maximum atomic E-state index is 9.21. The lowest BCUT2D eigenvalue weighted by Crippen LogP contribution is -2.01. The topological polar surface area (TPSA) is 32.3 Å². The van der Waals surface area contributed by atoms with Gasteiger partial charge in [-0.05, 0) is 6.08 Å². The molecular formula is C7H7NOS. The molecule has 0 aliphatic carbocycles. The Morgan fingerprint density at radius 1 is 1.60 bits per heavy atom. The summed E-state index contributed by atoms with van der Waals surface area (Å²) in [5.74, 6) is 0.365. The minimum absolute atomic E-state index is 0.365. The highest BCUT2D eigenvalue weighted by Gasteiger charge is 2.09. The van der Waals surface area contributed by atoms with Crippen molar-refractivity contribution in [2.24, 2.45) is 0 Å². The molecule has 2 rings (SSSR count). The summed E-state index contributed by atoms with van der Waals surface area (Å²) in [5.41, 5.74) is 0.882. The van der Waals surface area contributed by atoms with Gasteiger partial charge in [-0.15, -0.1) is 11.3 Å². The molecule has 1 aromatic heterocycles. The van der Waals surface area contributed by atoms with E-state index in [0.717, 1.165) is 17.1 Å². The molecule has 0 spiro atoms. The van der Waals surface area contributed by atoms with Gasteiger partial charge in [0, 0.05) is 11.9 Å². The number of aromatic hydroxyl groups is 1. The second kappa shape index (κ2) is 2.02. The van der Waals surface area contributed by atoms with Crippen LogP contribution in [0, 0.1) is 0 Å². The molecule has 0 bridgehead atoms. The molecule has 0 saturated heterocycles. The highest BCUT2D eigenvalue weighted by Crippen LogP contribution is 2.36. The molecule has 2 heterocycles. The van der Waals surface area contributed by atoms with Crippen molar-refractivity contribution in [1.82, 2.24) is 0 Å². The van der Waals surface area contributed by atoms with Crippen molar-refractivity contribution in [3.8, 4) is 5.75 Å². The lowest BCUT2D eigenvalue weighted by Gasteiger charge is -2.07. The lowest BCUT2D eigenvalue weighted by molar-refractivity contribution is 0.479. The van der Waals surface area contributed by atoms with Gasteiger partial charge in [0.15, 0.2) is 0 Å². The van der Waals surface area contributed by atoms with Crippen molar-refractivity contribution in [2.75, 3.05) is 11.9 Å². The van der Waals surface area contributed by atoms with Crippen LogP contribution in [0.3, 0.4) is 0 Å².